The van der Waals surface area contributed by atoms with Gasteiger partial charge in [-0.2, -0.15) is 0 Å². The standard InChI is InChI=1S/C20H24N2O.ClH/c1-15(2)20-21-18-7-4-5-8-19(18)22(20)13-6-14-23-17-11-9-16(3)10-12-17;/h4-5,7-12,15H,6,13-14H2,1-3H3;1H/p-1. The molecule has 0 fully saturated rings. The topological polar surface area (TPSA) is 27.1 Å². The van der Waals surface area contributed by atoms with E-state index in [1.165, 1.54) is 11.1 Å². The molecule has 128 valence electrons. The molecule has 0 aliphatic heterocycles. The van der Waals surface area contributed by atoms with Crippen molar-refractivity contribution in [2.45, 2.75) is 39.7 Å². The van der Waals surface area contributed by atoms with Crippen LogP contribution >= 0.6 is 0 Å². The SMILES string of the molecule is Cc1ccc(OCCCn2c(C(C)C)nc3ccccc32)cc1.[Cl-]. The van der Waals surface area contributed by atoms with Gasteiger partial charge in [-0.25, -0.2) is 4.98 Å². The van der Waals surface area contributed by atoms with Gasteiger partial charge in [-0.05, 0) is 37.6 Å². The Morgan fingerprint density at radius 3 is 2.46 bits per heavy atom. The molecule has 0 unspecified atom stereocenters. The van der Waals surface area contributed by atoms with Crippen molar-refractivity contribution < 1.29 is 17.1 Å². The number of aryl methyl sites for hydroxylation is 2. The largest absolute Gasteiger partial charge is 1.00 e. The Bertz CT molecular complexity index is 778. The van der Waals surface area contributed by atoms with Crippen LogP contribution in [0.15, 0.2) is 48.5 Å². The minimum Gasteiger partial charge on any atom is -1.00 e. The van der Waals surface area contributed by atoms with Gasteiger partial charge in [0, 0.05) is 12.5 Å². The molecule has 0 spiro atoms. The fourth-order valence-corrected chi connectivity index (χ4v) is 2.82. The zero-order chi connectivity index (χ0) is 16.2. The molecule has 24 heavy (non-hydrogen) atoms. The van der Waals surface area contributed by atoms with E-state index in [-0.39, 0.29) is 12.4 Å². The van der Waals surface area contributed by atoms with Gasteiger partial charge in [0.25, 0.3) is 0 Å². The highest BCUT2D eigenvalue weighted by molar-refractivity contribution is 5.76. The lowest BCUT2D eigenvalue weighted by atomic mass is 10.2. The van der Waals surface area contributed by atoms with Crippen LogP contribution in [-0.2, 0) is 6.54 Å². The summed E-state index contributed by atoms with van der Waals surface area (Å²) in [6.45, 7) is 8.12. The average Bonchev–Trinajstić information content (AvgIpc) is 2.92. The fraction of sp³-hybridized carbons (Fsp3) is 0.350. The van der Waals surface area contributed by atoms with Crippen LogP contribution in [0.5, 0.6) is 5.75 Å². The summed E-state index contributed by atoms with van der Waals surface area (Å²) in [5, 5.41) is 0. The van der Waals surface area contributed by atoms with Gasteiger partial charge < -0.3 is 21.7 Å². The first kappa shape index (κ1) is 18.3. The molecule has 4 heteroatoms. The van der Waals surface area contributed by atoms with Crippen molar-refractivity contribution in [2.75, 3.05) is 6.61 Å². The maximum Gasteiger partial charge on any atom is 0.119 e. The molecule has 3 rings (SSSR count). The molecule has 0 atom stereocenters. The van der Waals surface area contributed by atoms with Gasteiger partial charge in [0.05, 0.1) is 17.6 Å². The third kappa shape index (κ3) is 4.09. The second-order valence-electron chi connectivity index (χ2n) is 6.28. The van der Waals surface area contributed by atoms with Crippen molar-refractivity contribution in [3.05, 3.63) is 59.9 Å². The highest BCUT2D eigenvalue weighted by Crippen LogP contribution is 2.22. The molecule has 1 heterocycles. The molecule has 0 saturated heterocycles. The number of rotatable bonds is 6. The van der Waals surface area contributed by atoms with Crippen LogP contribution in [0.3, 0.4) is 0 Å². The molecular weight excluding hydrogens is 320 g/mol. The summed E-state index contributed by atoms with van der Waals surface area (Å²) in [6, 6.07) is 16.6. The zero-order valence-corrected chi connectivity index (χ0v) is 15.3. The fourth-order valence-electron chi connectivity index (χ4n) is 2.82. The maximum absolute atomic E-state index is 5.84. The quantitative estimate of drug-likeness (QED) is 0.640. The summed E-state index contributed by atoms with van der Waals surface area (Å²) < 4.78 is 8.17. The van der Waals surface area contributed by atoms with Gasteiger partial charge in [0.2, 0.25) is 0 Å². The molecule has 0 N–H and O–H groups in total. The highest BCUT2D eigenvalue weighted by atomic mass is 35.5. The van der Waals surface area contributed by atoms with Gasteiger partial charge in [0.15, 0.2) is 0 Å². The Balaban J connectivity index is 0.00000208. The van der Waals surface area contributed by atoms with E-state index in [0.717, 1.165) is 30.1 Å². The van der Waals surface area contributed by atoms with Crippen LogP contribution in [-0.4, -0.2) is 16.2 Å². The number of aromatic nitrogens is 2. The summed E-state index contributed by atoms with van der Waals surface area (Å²) in [6.07, 6.45) is 0.966. The van der Waals surface area contributed by atoms with E-state index in [9.17, 15) is 0 Å². The van der Waals surface area contributed by atoms with E-state index in [4.69, 9.17) is 9.72 Å². The molecule has 3 nitrogen and oxygen atoms in total. The normalized spacial score (nSPS) is 10.8. The molecule has 0 saturated carbocycles. The molecule has 0 radical (unpaired) electrons. The lowest BCUT2D eigenvalue weighted by Gasteiger charge is -2.12. The van der Waals surface area contributed by atoms with Crippen LogP contribution in [0.4, 0.5) is 0 Å². The number of para-hydroxylation sites is 2. The minimum absolute atomic E-state index is 0. The van der Waals surface area contributed by atoms with Gasteiger partial charge in [0.1, 0.15) is 11.6 Å². The van der Waals surface area contributed by atoms with Crippen molar-refractivity contribution in [3.8, 4) is 5.75 Å². The number of fused-ring (bicyclic) bond motifs is 1. The number of imidazole rings is 1. The first-order valence-electron chi connectivity index (χ1n) is 8.30. The van der Waals surface area contributed by atoms with E-state index in [2.05, 4.69) is 55.7 Å². The van der Waals surface area contributed by atoms with Crippen LogP contribution in [0.25, 0.3) is 11.0 Å². The number of hydrogen-bond acceptors (Lipinski definition) is 2. The summed E-state index contributed by atoms with van der Waals surface area (Å²) in [5.74, 6) is 2.51. The lowest BCUT2D eigenvalue weighted by molar-refractivity contribution is -0.00000543. The average molecular weight is 344 g/mol. The van der Waals surface area contributed by atoms with E-state index < -0.39 is 0 Å². The van der Waals surface area contributed by atoms with Gasteiger partial charge >= 0.3 is 0 Å². The molecule has 0 amide bonds. The predicted octanol–water partition coefficient (Wildman–Crippen LogP) is 1.94. The van der Waals surface area contributed by atoms with E-state index in [1.807, 2.05) is 18.2 Å². The van der Waals surface area contributed by atoms with Crippen molar-refractivity contribution >= 4 is 11.0 Å². The Kier molecular flexibility index (Phi) is 6.27. The maximum atomic E-state index is 5.84. The van der Waals surface area contributed by atoms with Crippen LogP contribution in [0, 0.1) is 6.92 Å². The second kappa shape index (κ2) is 8.20. The molecule has 1 aromatic heterocycles. The zero-order valence-electron chi connectivity index (χ0n) is 14.5. The Morgan fingerprint density at radius 2 is 1.75 bits per heavy atom. The van der Waals surface area contributed by atoms with Crippen LogP contribution in [0.2, 0.25) is 0 Å². The number of nitrogens with zero attached hydrogens (tertiary/aromatic N) is 2. The number of benzene rings is 2. The molecule has 3 aromatic rings. The molecule has 2 aromatic carbocycles. The third-order valence-corrected chi connectivity index (χ3v) is 4.02. The molecule has 0 aliphatic carbocycles. The molecule has 0 aliphatic rings. The van der Waals surface area contributed by atoms with Crippen molar-refractivity contribution in [3.63, 3.8) is 0 Å². The highest BCUT2D eigenvalue weighted by Gasteiger charge is 2.12. The van der Waals surface area contributed by atoms with E-state index in [0.29, 0.717) is 12.5 Å². The van der Waals surface area contributed by atoms with Crippen LogP contribution < -0.4 is 17.1 Å². The molecular formula is C20H24ClN2O-. The van der Waals surface area contributed by atoms with Gasteiger partial charge in [-0.3, -0.25) is 0 Å². The predicted molar refractivity (Wildman–Crippen MR) is 95.1 cm³/mol. The number of ether oxygens (including phenoxy) is 1. The van der Waals surface area contributed by atoms with Crippen molar-refractivity contribution in [2.24, 2.45) is 0 Å². The van der Waals surface area contributed by atoms with Crippen molar-refractivity contribution in [1.29, 1.82) is 0 Å². The molecule has 0 bridgehead atoms. The summed E-state index contributed by atoms with van der Waals surface area (Å²) in [5.41, 5.74) is 3.55. The lowest BCUT2D eigenvalue weighted by Crippen LogP contribution is -3.00. The Labute approximate surface area is 150 Å². The summed E-state index contributed by atoms with van der Waals surface area (Å²) >= 11 is 0. The first-order valence-corrected chi connectivity index (χ1v) is 8.30. The Hall–Kier alpha value is -2.00. The van der Waals surface area contributed by atoms with Crippen molar-refractivity contribution in [1.82, 2.24) is 9.55 Å². The van der Waals surface area contributed by atoms with E-state index >= 15 is 0 Å². The van der Waals surface area contributed by atoms with Crippen LogP contribution in [0.1, 0.15) is 37.6 Å². The van der Waals surface area contributed by atoms with E-state index in [1.54, 1.807) is 0 Å². The monoisotopic (exact) mass is 343 g/mol. The summed E-state index contributed by atoms with van der Waals surface area (Å²) in [7, 11) is 0. The second-order valence-corrected chi connectivity index (χ2v) is 6.28. The smallest absolute Gasteiger partial charge is 0.119 e. The summed E-state index contributed by atoms with van der Waals surface area (Å²) in [4.78, 5) is 4.78. The minimum atomic E-state index is 0. The number of halogens is 1. The third-order valence-electron chi connectivity index (χ3n) is 4.02. The first-order chi connectivity index (χ1) is 11.1. The Morgan fingerprint density at radius 1 is 1.04 bits per heavy atom. The number of hydrogen-bond donors (Lipinski definition) is 0. The van der Waals surface area contributed by atoms with Gasteiger partial charge in [-0.15, -0.1) is 0 Å². The van der Waals surface area contributed by atoms with Gasteiger partial charge in [-0.1, -0.05) is 43.7 Å².